The lowest BCUT2D eigenvalue weighted by Crippen LogP contribution is -2.36. The van der Waals surface area contributed by atoms with E-state index in [9.17, 15) is 8.42 Å². The van der Waals surface area contributed by atoms with Gasteiger partial charge < -0.3 is 10.6 Å². The molecule has 132 valence electrons. The molecule has 0 saturated heterocycles. The molecule has 0 aliphatic heterocycles. The second-order valence-corrected chi connectivity index (χ2v) is 9.02. The Balaban J connectivity index is 1.42. The fourth-order valence-corrected chi connectivity index (χ4v) is 4.98. The summed E-state index contributed by atoms with van der Waals surface area (Å²) in [6.07, 6.45) is 8.62. The van der Waals surface area contributed by atoms with Crippen molar-refractivity contribution in [1.29, 1.82) is 0 Å². The number of thiophene rings is 1. The van der Waals surface area contributed by atoms with Gasteiger partial charge in [0, 0.05) is 25.7 Å². The number of nitrogens with one attached hydrogen (secondary N) is 3. The van der Waals surface area contributed by atoms with E-state index in [2.05, 4.69) is 15.4 Å². The highest BCUT2D eigenvalue weighted by molar-refractivity contribution is 7.91. The molecule has 1 aliphatic rings. The average molecular weight is 360 g/mol. The Hall–Kier alpha value is -0.470. The van der Waals surface area contributed by atoms with Crippen molar-refractivity contribution in [3.8, 4) is 0 Å². The normalized spacial score (nSPS) is 16.7. The molecule has 1 aliphatic carbocycles. The third kappa shape index (κ3) is 7.30. The molecule has 7 heteroatoms. The summed E-state index contributed by atoms with van der Waals surface area (Å²) < 4.78 is 26.8. The van der Waals surface area contributed by atoms with Gasteiger partial charge in [0.15, 0.2) is 0 Å². The maximum atomic E-state index is 11.9. The molecule has 0 atom stereocenters. The third-order valence-electron chi connectivity index (χ3n) is 4.17. The summed E-state index contributed by atoms with van der Waals surface area (Å²) in [5.41, 5.74) is 0. The monoisotopic (exact) mass is 359 g/mol. The average Bonchev–Trinajstić information content (AvgIpc) is 3.09. The Morgan fingerprint density at radius 1 is 1.04 bits per heavy atom. The summed E-state index contributed by atoms with van der Waals surface area (Å²) in [7, 11) is -3.29. The lowest BCUT2D eigenvalue weighted by molar-refractivity contribution is 0.372. The minimum absolute atomic E-state index is 0.393. The van der Waals surface area contributed by atoms with Gasteiger partial charge in [-0.2, -0.15) is 0 Å². The topological polar surface area (TPSA) is 70.2 Å². The molecule has 1 fully saturated rings. The highest BCUT2D eigenvalue weighted by Crippen LogP contribution is 2.17. The van der Waals surface area contributed by atoms with Gasteiger partial charge in [-0.3, -0.25) is 0 Å². The van der Waals surface area contributed by atoms with Crippen LogP contribution in [0.25, 0.3) is 0 Å². The second-order valence-electron chi connectivity index (χ2n) is 6.08. The molecule has 0 unspecified atom stereocenters. The summed E-state index contributed by atoms with van der Waals surface area (Å²) in [5.74, 6) is 0. The molecular weight excluding hydrogens is 330 g/mol. The van der Waals surface area contributed by atoms with Crippen molar-refractivity contribution in [2.75, 3.05) is 26.2 Å². The van der Waals surface area contributed by atoms with Crippen molar-refractivity contribution in [2.45, 2.75) is 55.2 Å². The fraction of sp³-hybridized carbons (Fsp3) is 0.750. The van der Waals surface area contributed by atoms with Crippen molar-refractivity contribution in [3.05, 3.63) is 17.5 Å². The van der Waals surface area contributed by atoms with Gasteiger partial charge in [0.05, 0.1) is 0 Å². The Bertz CT molecular complexity index is 511. The molecule has 0 bridgehead atoms. The Morgan fingerprint density at radius 2 is 1.83 bits per heavy atom. The number of hydrogen-bond donors (Lipinski definition) is 3. The number of unbranched alkanes of at least 4 members (excludes halogenated alkanes) is 1. The molecule has 1 heterocycles. The van der Waals surface area contributed by atoms with Gasteiger partial charge in [-0.05, 0) is 43.7 Å². The van der Waals surface area contributed by atoms with E-state index in [1.807, 2.05) is 0 Å². The first-order valence-corrected chi connectivity index (χ1v) is 11.0. The van der Waals surface area contributed by atoms with Crippen molar-refractivity contribution < 1.29 is 8.42 Å². The molecule has 1 aromatic rings. The molecular formula is C16H29N3O2S2. The standard InChI is InChI=1S/C16H29N3O2S2/c20-23(21,16-9-6-14-22-16)19-11-5-4-10-17-12-13-18-15-7-2-1-3-8-15/h6,9,14-15,17-19H,1-5,7-8,10-13H2. The molecule has 23 heavy (non-hydrogen) atoms. The summed E-state index contributed by atoms with van der Waals surface area (Å²) in [6, 6.07) is 4.11. The van der Waals surface area contributed by atoms with Gasteiger partial charge in [0.1, 0.15) is 4.21 Å². The summed E-state index contributed by atoms with van der Waals surface area (Å²) >= 11 is 1.25. The van der Waals surface area contributed by atoms with Crippen LogP contribution < -0.4 is 15.4 Å². The van der Waals surface area contributed by atoms with Gasteiger partial charge in [-0.1, -0.05) is 25.3 Å². The molecule has 0 radical (unpaired) electrons. The van der Waals surface area contributed by atoms with Crippen LogP contribution in [0.3, 0.4) is 0 Å². The molecule has 0 spiro atoms. The van der Waals surface area contributed by atoms with Crippen molar-refractivity contribution in [1.82, 2.24) is 15.4 Å². The van der Waals surface area contributed by atoms with E-state index < -0.39 is 10.0 Å². The van der Waals surface area contributed by atoms with E-state index >= 15 is 0 Å². The number of rotatable bonds is 11. The van der Waals surface area contributed by atoms with E-state index in [1.54, 1.807) is 17.5 Å². The van der Waals surface area contributed by atoms with Crippen molar-refractivity contribution in [2.24, 2.45) is 0 Å². The van der Waals surface area contributed by atoms with Gasteiger partial charge in [-0.15, -0.1) is 11.3 Å². The smallest absolute Gasteiger partial charge is 0.250 e. The van der Waals surface area contributed by atoms with Crippen LogP contribution in [-0.4, -0.2) is 40.6 Å². The van der Waals surface area contributed by atoms with E-state index in [0.717, 1.165) is 38.5 Å². The van der Waals surface area contributed by atoms with Crippen LogP contribution in [0.4, 0.5) is 0 Å². The number of hydrogen-bond acceptors (Lipinski definition) is 5. The largest absolute Gasteiger partial charge is 0.315 e. The SMILES string of the molecule is O=S(=O)(NCCCCNCCNC1CCCCC1)c1cccs1. The summed E-state index contributed by atoms with van der Waals surface area (Å²) in [6.45, 7) is 3.45. The zero-order valence-corrected chi connectivity index (χ0v) is 15.4. The molecule has 1 saturated carbocycles. The Morgan fingerprint density at radius 3 is 2.57 bits per heavy atom. The molecule has 2 rings (SSSR count). The molecule has 1 aromatic heterocycles. The van der Waals surface area contributed by atoms with Crippen LogP contribution in [0.2, 0.25) is 0 Å². The lowest BCUT2D eigenvalue weighted by Gasteiger charge is -2.22. The fourth-order valence-electron chi connectivity index (χ4n) is 2.87. The maximum absolute atomic E-state index is 11.9. The van der Waals surface area contributed by atoms with E-state index in [1.165, 1.54) is 43.4 Å². The van der Waals surface area contributed by atoms with Crippen LogP contribution in [-0.2, 0) is 10.0 Å². The van der Waals surface area contributed by atoms with Crippen LogP contribution in [0.15, 0.2) is 21.7 Å². The minimum Gasteiger partial charge on any atom is -0.315 e. The summed E-state index contributed by atoms with van der Waals surface area (Å²) in [4.78, 5) is 0. The maximum Gasteiger partial charge on any atom is 0.250 e. The first-order chi connectivity index (χ1) is 11.2. The zero-order chi connectivity index (χ0) is 16.4. The molecule has 0 aromatic carbocycles. The van der Waals surface area contributed by atoms with Crippen molar-refractivity contribution in [3.63, 3.8) is 0 Å². The second kappa shape index (κ2) is 10.4. The minimum atomic E-state index is -3.29. The first kappa shape index (κ1) is 18.9. The van der Waals surface area contributed by atoms with E-state index in [0.29, 0.717) is 10.8 Å². The Kier molecular flexibility index (Phi) is 8.53. The van der Waals surface area contributed by atoms with Crippen LogP contribution in [0, 0.1) is 0 Å². The van der Waals surface area contributed by atoms with Gasteiger partial charge in [0.25, 0.3) is 0 Å². The summed E-state index contributed by atoms with van der Waals surface area (Å²) in [5, 5.41) is 8.80. The predicted octanol–water partition coefficient (Wildman–Crippen LogP) is 2.32. The molecule has 0 amide bonds. The molecule has 5 nitrogen and oxygen atoms in total. The highest BCUT2D eigenvalue weighted by atomic mass is 32.2. The van der Waals surface area contributed by atoms with Crippen LogP contribution >= 0.6 is 11.3 Å². The zero-order valence-electron chi connectivity index (χ0n) is 13.7. The van der Waals surface area contributed by atoms with Crippen molar-refractivity contribution >= 4 is 21.4 Å². The Labute approximate surface area is 144 Å². The van der Waals surface area contributed by atoms with E-state index in [-0.39, 0.29) is 0 Å². The highest BCUT2D eigenvalue weighted by Gasteiger charge is 2.13. The van der Waals surface area contributed by atoms with E-state index in [4.69, 9.17) is 0 Å². The third-order valence-corrected chi connectivity index (χ3v) is 7.03. The molecule has 3 N–H and O–H groups in total. The number of sulfonamides is 1. The van der Waals surface area contributed by atoms with Crippen LogP contribution in [0.5, 0.6) is 0 Å². The van der Waals surface area contributed by atoms with Gasteiger partial charge in [0.2, 0.25) is 10.0 Å². The van der Waals surface area contributed by atoms with Gasteiger partial charge in [-0.25, -0.2) is 13.1 Å². The quantitative estimate of drug-likeness (QED) is 0.530. The first-order valence-electron chi connectivity index (χ1n) is 8.66. The lowest BCUT2D eigenvalue weighted by atomic mass is 9.95. The van der Waals surface area contributed by atoms with Crippen LogP contribution in [0.1, 0.15) is 44.9 Å². The van der Waals surface area contributed by atoms with Gasteiger partial charge >= 0.3 is 0 Å². The predicted molar refractivity (Wildman–Crippen MR) is 96.5 cm³/mol.